The van der Waals surface area contributed by atoms with E-state index in [-0.39, 0.29) is 24.1 Å². The smallest absolute Gasteiger partial charge is 0.344 e. The van der Waals surface area contributed by atoms with Crippen molar-refractivity contribution in [3.8, 4) is 11.5 Å². The Morgan fingerprint density at radius 1 is 1.18 bits per heavy atom. The second-order valence-corrected chi connectivity index (χ2v) is 7.92. The van der Waals surface area contributed by atoms with Crippen LogP contribution in [0, 0.1) is 5.41 Å². The summed E-state index contributed by atoms with van der Waals surface area (Å²) in [5.74, 6) is -0.508. The van der Waals surface area contributed by atoms with Crippen LogP contribution in [-0.2, 0) is 17.8 Å². The average Bonchev–Trinajstić information content (AvgIpc) is 3.12. The molecular weight excluding hydrogens is 438 g/mol. The first-order valence-electron chi connectivity index (χ1n) is 11.1. The van der Waals surface area contributed by atoms with E-state index in [2.05, 4.69) is 5.32 Å². The summed E-state index contributed by atoms with van der Waals surface area (Å²) in [7, 11) is 1.53. The van der Waals surface area contributed by atoms with Crippen molar-refractivity contribution in [3.63, 3.8) is 0 Å². The van der Waals surface area contributed by atoms with Crippen molar-refractivity contribution in [2.75, 3.05) is 20.2 Å². The van der Waals surface area contributed by atoms with E-state index in [9.17, 15) is 14.4 Å². The number of nitrogens with zero attached hydrogens (tertiary/aromatic N) is 1. The van der Waals surface area contributed by atoms with E-state index in [4.69, 9.17) is 20.0 Å². The van der Waals surface area contributed by atoms with Gasteiger partial charge < -0.3 is 24.8 Å². The standard InChI is InChI=1S/C25H29N3O6/c1-5-15-9-16(7-8-21(15)34-14(3)25(31)32)20(29)13-28-12-17-10-22(33-6-2)19(24(30)27-4)11-18(17)23(28)26/h7-11,14,26H,5-6,12-13H2,1-4H3,(H,27,30)(H,31,32). The highest BCUT2D eigenvalue weighted by Crippen LogP contribution is 2.31. The third-order valence-corrected chi connectivity index (χ3v) is 5.66. The van der Waals surface area contributed by atoms with Crippen molar-refractivity contribution in [1.82, 2.24) is 10.2 Å². The number of carbonyl (C=O) groups excluding carboxylic acids is 2. The molecule has 3 N–H and O–H groups in total. The molecule has 9 nitrogen and oxygen atoms in total. The Bertz CT molecular complexity index is 1140. The highest BCUT2D eigenvalue weighted by molar-refractivity contribution is 6.07. The number of Topliss-reactive ketones (excluding diaryl/α,β-unsaturated/α-hetero) is 1. The molecule has 1 unspecified atom stereocenters. The fraction of sp³-hybridized carbons (Fsp3) is 0.360. The number of amides is 1. The maximum absolute atomic E-state index is 13.0. The molecule has 0 saturated heterocycles. The van der Waals surface area contributed by atoms with Gasteiger partial charge in [-0.05, 0) is 61.7 Å². The maximum Gasteiger partial charge on any atom is 0.344 e. The van der Waals surface area contributed by atoms with Gasteiger partial charge in [-0.25, -0.2) is 4.79 Å². The lowest BCUT2D eigenvalue weighted by molar-refractivity contribution is -0.144. The molecule has 0 saturated carbocycles. The Morgan fingerprint density at radius 2 is 1.91 bits per heavy atom. The molecule has 0 aliphatic carbocycles. The predicted molar refractivity (Wildman–Crippen MR) is 126 cm³/mol. The van der Waals surface area contributed by atoms with Crippen LogP contribution in [0.4, 0.5) is 0 Å². The number of carboxylic acid groups (broad SMARTS) is 1. The number of ether oxygens (including phenoxy) is 2. The first kappa shape index (κ1) is 24.8. The van der Waals surface area contributed by atoms with Crippen LogP contribution in [-0.4, -0.2) is 59.8 Å². The average molecular weight is 468 g/mol. The largest absolute Gasteiger partial charge is 0.493 e. The number of hydrogen-bond acceptors (Lipinski definition) is 6. The van der Waals surface area contributed by atoms with E-state index in [0.717, 1.165) is 11.1 Å². The first-order chi connectivity index (χ1) is 16.2. The summed E-state index contributed by atoms with van der Waals surface area (Å²) in [5.41, 5.74) is 2.94. The number of hydrogen-bond donors (Lipinski definition) is 3. The van der Waals surface area contributed by atoms with Gasteiger partial charge in [0.1, 0.15) is 17.3 Å². The van der Waals surface area contributed by atoms with Gasteiger partial charge >= 0.3 is 5.97 Å². The molecule has 0 bridgehead atoms. The number of rotatable bonds is 10. The monoisotopic (exact) mass is 467 g/mol. The van der Waals surface area contributed by atoms with Crippen LogP contribution in [0.3, 0.4) is 0 Å². The molecule has 1 aliphatic heterocycles. The van der Waals surface area contributed by atoms with Crippen LogP contribution in [0.1, 0.15) is 58.2 Å². The molecule has 2 aromatic rings. The van der Waals surface area contributed by atoms with Gasteiger partial charge in [0.25, 0.3) is 5.91 Å². The molecule has 1 aliphatic rings. The first-order valence-corrected chi connectivity index (χ1v) is 11.1. The number of aliphatic carboxylic acids is 1. The lowest BCUT2D eigenvalue weighted by atomic mass is 10.0. The van der Waals surface area contributed by atoms with Gasteiger partial charge in [-0.1, -0.05) is 6.92 Å². The van der Waals surface area contributed by atoms with Crippen LogP contribution in [0.2, 0.25) is 0 Å². The number of ketones is 1. The van der Waals surface area contributed by atoms with Gasteiger partial charge in [-0.15, -0.1) is 0 Å². The molecule has 0 radical (unpaired) electrons. The Kier molecular flexibility index (Phi) is 7.55. The minimum atomic E-state index is -1.07. The van der Waals surface area contributed by atoms with Crippen LogP contribution in [0.5, 0.6) is 11.5 Å². The number of nitrogens with one attached hydrogen (secondary N) is 2. The Hall–Kier alpha value is -3.88. The quantitative estimate of drug-likeness (QED) is 0.458. The highest BCUT2D eigenvalue weighted by atomic mass is 16.5. The molecule has 9 heteroatoms. The highest BCUT2D eigenvalue weighted by Gasteiger charge is 2.29. The Morgan fingerprint density at radius 3 is 2.53 bits per heavy atom. The van der Waals surface area contributed by atoms with Gasteiger partial charge in [0, 0.05) is 24.7 Å². The zero-order valence-corrected chi connectivity index (χ0v) is 19.7. The van der Waals surface area contributed by atoms with Crippen molar-refractivity contribution in [2.24, 2.45) is 0 Å². The summed E-state index contributed by atoms with van der Waals surface area (Å²) in [6, 6.07) is 8.31. The van der Waals surface area contributed by atoms with Gasteiger partial charge in [-0.3, -0.25) is 15.0 Å². The molecule has 0 fully saturated rings. The van der Waals surface area contributed by atoms with Gasteiger partial charge in [0.05, 0.1) is 18.7 Å². The Labute approximate surface area is 198 Å². The molecule has 1 amide bonds. The van der Waals surface area contributed by atoms with E-state index in [1.165, 1.54) is 14.0 Å². The van der Waals surface area contributed by atoms with Crippen molar-refractivity contribution in [2.45, 2.75) is 39.8 Å². The molecule has 180 valence electrons. The number of fused-ring (bicyclic) bond motifs is 1. The predicted octanol–water partition coefficient (Wildman–Crippen LogP) is 2.88. The lowest BCUT2D eigenvalue weighted by Gasteiger charge is -2.18. The number of aryl methyl sites for hydroxylation is 1. The molecule has 2 aromatic carbocycles. The maximum atomic E-state index is 13.0. The number of carboxylic acids is 1. The van der Waals surface area contributed by atoms with Crippen molar-refractivity contribution >= 4 is 23.5 Å². The number of benzene rings is 2. The topological polar surface area (TPSA) is 129 Å². The van der Waals surface area contributed by atoms with Crippen LogP contribution < -0.4 is 14.8 Å². The SMILES string of the molecule is CCOc1cc2c(cc1C(=O)NC)C(=N)N(CC(=O)c1ccc(OC(C)C(=O)O)c(CC)c1)C2. The summed E-state index contributed by atoms with van der Waals surface area (Å²) >= 11 is 0. The van der Waals surface area contributed by atoms with Crippen molar-refractivity contribution < 1.29 is 29.0 Å². The van der Waals surface area contributed by atoms with E-state index in [0.29, 0.717) is 47.8 Å². The Balaban J connectivity index is 1.80. The normalized spacial score (nSPS) is 13.3. The number of carbonyl (C=O) groups is 3. The summed E-state index contributed by atoms with van der Waals surface area (Å²) < 4.78 is 11.1. The molecule has 0 spiro atoms. The van der Waals surface area contributed by atoms with E-state index in [1.807, 2.05) is 13.8 Å². The zero-order chi connectivity index (χ0) is 25.0. The second-order valence-electron chi connectivity index (χ2n) is 7.92. The molecule has 1 atom stereocenters. The molecule has 3 rings (SSSR count). The third kappa shape index (κ3) is 5.03. The second kappa shape index (κ2) is 10.4. The third-order valence-electron chi connectivity index (χ3n) is 5.66. The summed E-state index contributed by atoms with van der Waals surface area (Å²) in [6.45, 7) is 5.91. The summed E-state index contributed by atoms with van der Waals surface area (Å²) in [4.78, 5) is 38.1. The minimum Gasteiger partial charge on any atom is -0.493 e. The van der Waals surface area contributed by atoms with Crippen molar-refractivity contribution in [3.05, 3.63) is 58.1 Å². The van der Waals surface area contributed by atoms with Crippen molar-refractivity contribution in [1.29, 1.82) is 5.41 Å². The van der Waals surface area contributed by atoms with Gasteiger partial charge in [0.2, 0.25) is 0 Å². The van der Waals surface area contributed by atoms with E-state index in [1.54, 1.807) is 35.2 Å². The molecular formula is C25H29N3O6. The summed E-state index contributed by atoms with van der Waals surface area (Å²) in [6.07, 6.45) is -0.437. The van der Waals surface area contributed by atoms with Crippen LogP contribution in [0.25, 0.3) is 0 Å². The van der Waals surface area contributed by atoms with Gasteiger partial charge in [0.15, 0.2) is 11.9 Å². The minimum absolute atomic E-state index is 0.0122. The fourth-order valence-electron chi connectivity index (χ4n) is 3.80. The van der Waals surface area contributed by atoms with Crippen LogP contribution >= 0.6 is 0 Å². The molecule has 34 heavy (non-hydrogen) atoms. The lowest BCUT2D eigenvalue weighted by Crippen LogP contribution is -2.30. The molecule has 1 heterocycles. The number of amidine groups is 1. The molecule has 0 aromatic heterocycles. The van der Waals surface area contributed by atoms with Gasteiger partial charge in [-0.2, -0.15) is 0 Å². The van der Waals surface area contributed by atoms with E-state index >= 15 is 0 Å². The fourth-order valence-corrected chi connectivity index (χ4v) is 3.80. The van der Waals surface area contributed by atoms with E-state index < -0.39 is 12.1 Å². The zero-order valence-electron chi connectivity index (χ0n) is 19.7. The summed E-state index contributed by atoms with van der Waals surface area (Å²) in [5, 5.41) is 20.2. The van der Waals surface area contributed by atoms with Crippen LogP contribution in [0.15, 0.2) is 30.3 Å².